The van der Waals surface area contributed by atoms with Crippen LogP contribution in [0, 0.1) is 13.8 Å². The van der Waals surface area contributed by atoms with E-state index in [0.29, 0.717) is 5.75 Å². The summed E-state index contributed by atoms with van der Waals surface area (Å²) < 4.78 is 1.07. The maximum absolute atomic E-state index is 12.5. The Bertz CT molecular complexity index is 742. The van der Waals surface area contributed by atoms with Crippen molar-refractivity contribution < 1.29 is 4.79 Å². The molecule has 1 aromatic heterocycles. The summed E-state index contributed by atoms with van der Waals surface area (Å²) >= 11 is 5.08. The SMILES string of the molecule is Cc1nc(CN2CCN(C(=O)CSc3ccc(Br)cc3C)CC2)n[nH]1. The fraction of sp³-hybridized carbons (Fsp3) is 0.471. The van der Waals surface area contributed by atoms with Crippen LogP contribution in [0.4, 0.5) is 0 Å². The topological polar surface area (TPSA) is 65.1 Å². The van der Waals surface area contributed by atoms with Gasteiger partial charge < -0.3 is 4.90 Å². The van der Waals surface area contributed by atoms with E-state index in [0.717, 1.165) is 53.7 Å². The molecule has 0 saturated carbocycles. The number of halogens is 1. The normalized spacial score (nSPS) is 15.6. The fourth-order valence-electron chi connectivity index (χ4n) is 2.82. The molecule has 1 saturated heterocycles. The van der Waals surface area contributed by atoms with Crippen LogP contribution in [0.3, 0.4) is 0 Å². The van der Waals surface area contributed by atoms with E-state index in [1.807, 2.05) is 17.9 Å². The minimum absolute atomic E-state index is 0.209. The van der Waals surface area contributed by atoms with Crippen molar-refractivity contribution in [3.8, 4) is 0 Å². The first-order valence-corrected chi connectivity index (χ1v) is 10.1. The Morgan fingerprint density at radius 3 is 2.68 bits per heavy atom. The molecule has 134 valence electrons. The van der Waals surface area contributed by atoms with Gasteiger partial charge in [0.1, 0.15) is 5.82 Å². The molecule has 1 aliphatic heterocycles. The largest absolute Gasteiger partial charge is 0.339 e. The van der Waals surface area contributed by atoms with Crippen molar-refractivity contribution in [3.05, 3.63) is 39.9 Å². The van der Waals surface area contributed by atoms with Crippen LogP contribution >= 0.6 is 27.7 Å². The van der Waals surface area contributed by atoms with Crippen LogP contribution in [-0.4, -0.2) is 62.8 Å². The minimum atomic E-state index is 0.209. The van der Waals surface area contributed by atoms with Crippen molar-refractivity contribution in [2.24, 2.45) is 0 Å². The first kappa shape index (κ1) is 18.4. The minimum Gasteiger partial charge on any atom is -0.339 e. The second kappa shape index (κ2) is 8.33. The van der Waals surface area contributed by atoms with Gasteiger partial charge in [-0.25, -0.2) is 4.98 Å². The van der Waals surface area contributed by atoms with E-state index < -0.39 is 0 Å². The molecule has 0 atom stereocenters. The van der Waals surface area contributed by atoms with E-state index in [-0.39, 0.29) is 5.91 Å². The lowest BCUT2D eigenvalue weighted by molar-refractivity contribution is -0.130. The highest BCUT2D eigenvalue weighted by Gasteiger charge is 2.22. The third-order valence-electron chi connectivity index (χ3n) is 4.22. The maximum Gasteiger partial charge on any atom is 0.233 e. The molecule has 25 heavy (non-hydrogen) atoms. The zero-order chi connectivity index (χ0) is 17.8. The predicted octanol–water partition coefficient (Wildman–Crippen LogP) is 2.62. The van der Waals surface area contributed by atoms with Gasteiger partial charge in [0.05, 0.1) is 12.3 Å². The highest BCUT2D eigenvalue weighted by atomic mass is 79.9. The van der Waals surface area contributed by atoms with Crippen molar-refractivity contribution in [2.75, 3.05) is 31.9 Å². The first-order chi connectivity index (χ1) is 12.0. The number of aryl methyl sites for hydroxylation is 2. The zero-order valence-electron chi connectivity index (χ0n) is 14.5. The molecule has 8 heteroatoms. The molecule has 1 aliphatic rings. The maximum atomic E-state index is 12.5. The van der Waals surface area contributed by atoms with Crippen LogP contribution in [-0.2, 0) is 11.3 Å². The molecule has 0 bridgehead atoms. The average Bonchev–Trinajstić information content (AvgIpc) is 2.99. The van der Waals surface area contributed by atoms with Crippen molar-refractivity contribution in [2.45, 2.75) is 25.3 Å². The van der Waals surface area contributed by atoms with Gasteiger partial charge in [-0.2, -0.15) is 5.10 Å². The van der Waals surface area contributed by atoms with Gasteiger partial charge in [-0.1, -0.05) is 15.9 Å². The number of thioether (sulfide) groups is 1. The first-order valence-electron chi connectivity index (χ1n) is 8.28. The number of H-pyrrole nitrogens is 1. The number of benzene rings is 1. The summed E-state index contributed by atoms with van der Waals surface area (Å²) in [7, 11) is 0. The lowest BCUT2D eigenvalue weighted by Crippen LogP contribution is -2.48. The molecule has 0 spiro atoms. The molecule has 0 aliphatic carbocycles. The van der Waals surface area contributed by atoms with E-state index in [2.05, 4.69) is 55.1 Å². The van der Waals surface area contributed by atoms with Crippen LogP contribution in [0.1, 0.15) is 17.2 Å². The summed E-state index contributed by atoms with van der Waals surface area (Å²) in [5, 5.41) is 7.04. The number of rotatable bonds is 5. The summed E-state index contributed by atoms with van der Waals surface area (Å²) in [6.45, 7) is 7.96. The van der Waals surface area contributed by atoms with Crippen molar-refractivity contribution in [1.29, 1.82) is 0 Å². The Kier molecular flexibility index (Phi) is 6.14. The number of amides is 1. The zero-order valence-corrected chi connectivity index (χ0v) is 16.9. The number of hydrogen-bond donors (Lipinski definition) is 1. The summed E-state index contributed by atoms with van der Waals surface area (Å²) in [5.74, 6) is 2.35. The van der Waals surface area contributed by atoms with Crippen molar-refractivity contribution >= 4 is 33.6 Å². The summed E-state index contributed by atoms with van der Waals surface area (Å²) in [4.78, 5) is 22.2. The highest BCUT2D eigenvalue weighted by Crippen LogP contribution is 2.25. The summed E-state index contributed by atoms with van der Waals surface area (Å²) in [5.41, 5.74) is 1.19. The standard InChI is InChI=1S/C17H22BrN5OS/c1-12-9-14(18)3-4-15(12)25-11-17(24)23-7-5-22(6-8-23)10-16-19-13(2)20-21-16/h3-4,9H,5-8,10-11H2,1-2H3,(H,19,20,21). The van der Waals surface area contributed by atoms with E-state index in [1.54, 1.807) is 11.8 Å². The molecule has 2 aromatic rings. The van der Waals surface area contributed by atoms with E-state index in [9.17, 15) is 4.79 Å². The molecule has 0 radical (unpaired) electrons. The van der Waals surface area contributed by atoms with Crippen LogP contribution < -0.4 is 0 Å². The molecule has 1 aromatic carbocycles. The van der Waals surface area contributed by atoms with Crippen LogP contribution in [0.25, 0.3) is 0 Å². The smallest absolute Gasteiger partial charge is 0.233 e. The van der Waals surface area contributed by atoms with Gasteiger partial charge in [0.25, 0.3) is 0 Å². The molecule has 1 amide bonds. The van der Waals surface area contributed by atoms with Gasteiger partial charge in [-0.15, -0.1) is 11.8 Å². The molecule has 6 nitrogen and oxygen atoms in total. The van der Waals surface area contributed by atoms with Gasteiger partial charge >= 0.3 is 0 Å². The lowest BCUT2D eigenvalue weighted by atomic mass is 10.2. The van der Waals surface area contributed by atoms with E-state index >= 15 is 0 Å². The molecule has 0 unspecified atom stereocenters. The quantitative estimate of drug-likeness (QED) is 0.748. The lowest BCUT2D eigenvalue weighted by Gasteiger charge is -2.34. The van der Waals surface area contributed by atoms with Gasteiger partial charge in [0, 0.05) is 35.5 Å². The van der Waals surface area contributed by atoms with E-state index in [1.165, 1.54) is 5.56 Å². The van der Waals surface area contributed by atoms with Gasteiger partial charge in [0.15, 0.2) is 5.82 Å². The third kappa shape index (κ3) is 5.05. The van der Waals surface area contributed by atoms with Gasteiger partial charge in [-0.3, -0.25) is 14.8 Å². The Morgan fingerprint density at radius 2 is 2.04 bits per heavy atom. The van der Waals surface area contributed by atoms with Crippen LogP contribution in [0.2, 0.25) is 0 Å². The fourth-order valence-corrected chi connectivity index (χ4v) is 4.21. The number of nitrogens with zero attached hydrogens (tertiary/aromatic N) is 4. The van der Waals surface area contributed by atoms with Gasteiger partial charge in [-0.05, 0) is 37.6 Å². The Balaban J connectivity index is 1.45. The molecule has 1 N–H and O–H groups in total. The Labute approximate surface area is 160 Å². The van der Waals surface area contributed by atoms with Crippen molar-refractivity contribution in [1.82, 2.24) is 25.0 Å². The number of carbonyl (C=O) groups is 1. The van der Waals surface area contributed by atoms with Crippen LogP contribution in [0.15, 0.2) is 27.6 Å². The molecule has 3 rings (SSSR count). The predicted molar refractivity (Wildman–Crippen MR) is 103 cm³/mol. The second-order valence-corrected chi connectivity index (χ2v) is 8.13. The summed E-state index contributed by atoms with van der Waals surface area (Å²) in [6, 6.07) is 6.16. The van der Waals surface area contributed by atoms with E-state index in [4.69, 9.17) is 0 Å². The number of nitrogens with one attached hydrogen (secondary N) is 1. The Morgan fingerprint density at radius 1 is 1.28 bits per heavy atom. The summed E-state index contributed by atoms with van der Waals surface area (Å²) in [6.07, 6.45) is 0. The number of piperazine rings is 1. The number of aromatic amines is 1. The number of aromatic nitrogens is 3. The molecule has 1 fully saturated rings. The average molecular weight is 424 g/mol. The van der Waals surface area contributed by atoms with Crippen LogP contribution in [0.5, 0.6) is 0 Å². The Hall–Kier alpha value is -1.38. The third-order valence-corrected chi connectivity index (χ3v) is 5.88. The second-order valence-electron chi connectivity index (χ2n) is 6.19. The highest BCUT2D eigenvalue weighted by molar-refractivity contribution is 9.10. The van der Waals surface area contributed by atoms with Crippen molar-refractivity contribution in [3.63, 3.8) is 0 Å². The van der Waals surface area contributed by atoms with Gasteiger partial charge in [0.2, 0.25) is 5.91 Å². The molecule has 2 heterocycles. The number of carbonyl (C=O) groups excluding carboxylic acids is 1. The molecular formula is C17H22BrN5OS. The number of hydrogen-bond acceptors (Lipinski definition) is 5. The molecular weight excluding hydrogens is 402 g/mol. The monoisotopic (exact) mass is 423 g/mol.